The normalized spacial score (nSPS) is 21.0. The van der Waals surface area contributed by atoms with E-state index in [1.165, 1.54) is 8.61 Å². The number of piperidine rings is 1. The van der Waals surface area contributed by atoms with Gasteiger partial charge in [-0.3, -0.25) is 14.5 Å². The van der Waals surface area contributed by atoms with Crippen molar-refractivity contribution in [3.05, 3.63) is 17.7 Å². The highest BCUT2D eigenvalue weighted by molar-refractivity contribution is 7.86. The van der Waals surface area contributed by atoms with Crippen LogP contribution in [0.5, 0.6) is 17.2 Å². The average Bonchev–Trinajstić information content (AvgIpc) is 3.10. The summed E-state index contributed by atoms with van der Waals surface area (Å²) >= 11 is 0. The first kappa shape index (κ1) is 37.4. The number of fused-ring (bicyclic) bond motifs is 5. The summed E-state index contributed by atoms with van der Waals surface area (Å²) < 4.78 is 52.4. The van der Waals surface area contributed by atoms with Crippen molar-refractivity contribution in [1.82, 2.24) is 23.8 Å². The molecule has 2 bridgehead atoms. The van der Waals surface area contributed by atoms with E-state index in [9.17, 15) is 13.2 Å². The molecular formula is C32H50N6O9S. The first-order valence-corrected chi connectivity index (χ1v) is 17.9. The van der Waals surface area contributed by atoms with Crippen LogP contribution in [0.3, 0.4) is 0 Å². The van der Waals surface area contributed by atoms with Gasteiger partial charge >= 0.3 is 0 Å². The zero-order chi connectivity index (χ0) is 34.7. The van der Waals surface area contributed by atoms with Gasteiger partial charge in [-0.25, -0.2) is 4.98 Å². The standard InChI is InChI=1S/C31H48N6O7S.CH2O2/c1-5-34-10-6-7-12-37(45(39,40)36-13-15-44-16-14-36)22-28(38)32-19-23-9-8-11-35(20-23)31-24(21-34)17-25-26(33-31)18-27(41-2)30(43-4)29(25)42-3;2-1-3/h17-18,23H,5-16,19-22H2,1-4H3,(H,32,38);1H,(H,2,3). The minimum atomic E-state index is -3.79. The van der Waals surface area contributed by atoms with E-state index in [0.717, 1.165) is 67.7 Å². The number of pyridine rings is 1. The van der Waals surface area contributed by atoms with Gasteiger partial charge in [0, 0.05) is 62.8 Å². The van der Waals surface area contributed by atoms with Crippen molar-refractivity contribution in [3.8, 4) is 17.2 Å². The monoisotopic (exact) mass is 694 g/mol. The molecule has 48 heavy (non-hydrogen) atoms. The van der Waals surface area contributed by atoms with Crippen LogP contribution in [0.15, 0.2) is 12.1 Å². The van der Waals surface area contributed by atoms with E-state index in [2.05, 4.69) is 28.1 Å². The molecule has 0 radical (unpaired) electrons. The fourth-order valence-electron chi connectivity index (χ4n) is 6.54. The van der Waals surface area contributed by atoms with E-state index in [1.807, 2.05) is 6.07 Å². The van der Waals surface area contributed by atoms with Gasteiger partial charge in [0.2, 0.25) is 11.7 Å². The third-order valence-electron chi connectivity index (χ3n) is 9.00. The number of carbonyl (C=O) groups excluding carboxylic acids is 1. The van der Waals surface area contributed by atoms with Crippen LogP contribution in [-0.4, -0.2) is 138 Å². The Morgan fingerprint density at radius 1 is 0.979 bits per heavy atom. The summed E-state index contributed by atoms with van der Waals surface area (Å²) in [4.78, 5) is 31.4. The molecule has 2 N–H and O–H groups in total. The van der Waals surface area contributed by atoms with Crippen LogP contribution >= 0.6 is 0 Å². The number of rotatable bonds is 6. The Hall–Kier alpha value is -3.44. The zero-order valence-corrected chi connectivity index (χ0v) is 29.3. The second kappa shape index (κ2) is 17.8. The average molecular weight is 695 g/mol. The number of benzene rings is 1. The Morgan fingerprint density at radius 3 is 2.35 bits per heavy atom. The molecule has 3 aliphatic rings. The first-order valence-electron chi connectivity index (χ1n) is 16.5. The molecule has 15 nitrogen and oxygen atoms in total. The number of hydrogen-bond acceptors (Lipinski definition) is 11. The zero-order valence-electron chi connectivity index (χ0n) is 28.5. The second-order valence-electron chi connectivity index (χ2n) is 12.0. The van der Waals surface area contributed by atoms with Crippen molar-refractivity contribution >= 4 is 39.3 Å². The van der Waals surface area contributed by atoms with E-state index in [4.69, 9.17) is 33.8 Å². The number of nitrogens with zero attached hydrogens (tertiary/aromatic N) is 5. The molecule has 2 aromatic rings. The summed E-state index contributed by atoms with van der Waals surface area (Å²) in [6, 6.07) is 4.05. The molecule has 3 aliphatic heterocycles. The van der Waals surface area contributed by atoms with E-state index in [-0.39, 0.29) is 31.4 Å². The van der Waals surface area contributed by atoms with Gasteiger partial charge in [-0.15, -0.1) is 0 Å². The number of ether oxygens (including phenoxy) is 4. The molecule has 2 saturated heterocycles. The maximum Gasteiger partial charge on any atom is 0.290 e. The number of hydrogen-bond donors (Lipinski definition) is 2. The maximum atomic E-state index is 13.6. The van der Waals surface area contributed by atoms with Crippen LogP contribution in [-0.2, 0) is 31.1 Å². The number of amides is 1. The van der Waals surface area contributed by atoms with Crippen molar-refractivity contribution in [3.63, 3.8) is 0 Å². The maximum absolute atomic E-state index is 13.6. The van der Waals surface area contributed by atoms with Gasteiger partial charge < -0.3 is 34.3 Å². The number of nitrogens with one attached hydrogen (secondary N) is 1. The van der Waals surface area contributed by atoms with Gasteiger partial charge in [0.25, 0.3) is 16.7 Å². The summed E-state index contributed by atoms with van der Waals surface area (Å²) in [5.74, 6) is 2.53. The van der Waals surface area contributed by atoms with E-state index >= 15 is 0 Å². The molecule has 0 spiro atoms. The lowest BCUT2D eigenvalue weighted by Crippen LogP contribution is -2.52. The molecule has 5 rings (SSSR count). The Morgan fingerprint density at radius 2 is 1.69 bits per heavy atom. The number of morpholine rings is 1. The lowest BCUT2D eigenvalue weighted by Gasteiger charge is -2.36. The second-order valence-corrected chi connectivity index (χ2v) is 13.9. The van der Waals surface area contributed by atoms with Gasteiger partial charge in [0.15, 0.2) is 11.5 Å². The quantitative estimate of drug-likeness (QED) is 0.423. The minimum absolute atomic E-state index is 0.183. The summed E-state index contributed by atoms with van der Waals surface area (Å²) in [7, 11) is 1.04. The highest BCUT2D eigenvalue weighted by Gasteiger charge is 2.33. The molecule has 1 aromatic carbocycles. The molecule has 1 amide bonds. The van der Waals surface area contributed by atoms with Crippen molar-refractivity contribution in [2.75, 3.05) is 98.3 Å². The Bertz CT molecular complexity index is 1490. The summed E-state index contributed by atoms with van der Waals surface area (Å²) in [5.41, 5.74) is 1.85. The van der Waals surface area contributed by atoms with Crippen LogP contribution in [0.4, 0.5) is 5.82 Å². The molecule has 268 valence electrons. The number of anilines is 1. The molecule has 1 unspecified atom stereocenters. The molecule has 1 aromatic heterocycles. The van der Waals surface area contributed by atoms with Crippen LogP contribution < -0.4 is 24.4 Å². The minimum Gasteiger partial charge on any atom is -0.493 e. The van der Waals surface area contributed by atoms with Gasteiger partial charge in [0.05, 0.1) is 46.6 Å². The van der Waals surface area contributed by atoms with Crippen LogP contribution in [0, 0.1) is 5.92 Å². The highest BCUT2D eigenvalue weighted by Crippen LogP contribution is 2.44. The van der Waals surface area contributed by atoms with Crippen LogP contribution in [0.1, 0.15) is 38.2 Å². The summed E-state index contributed by atoms with van der Waals surface area (Å²) in [6.07, 6.45) is 3.34. The van der Waals surface area contributed by atoms with Gasteiger partial charge in [-0.1, -0.05) is 6.92 Å². The van der Waals surface area contributed by atoms with E-state index in [0.29, 0.717) is 63.1 Å². The number of carboxylic acid groups (broad SMARTS) is 1. The molecule has 0 aliphatic carbocycles. The van der Waals surface area contributed by atoms with Crippen molar-refractivity contribution in [2.45, 2.75) is 39.2 Å². The fourth-order valence-corrected chi connectivity index (χ4v) is 8.12. The fraction of sp³-hybridized carbons (Fsp3) is 0.656. The molecule has 4 heterocycles. The predicted octanol–water partition coefficient (Wildman–Crippen LogP) is 1.79. The largest absolute Gasteiger partial charge is 0.493 e. The molecular weight excluding hydrogens is 644 g/mol. The first-order chi connectivity index (χ1) is 23.2. The highest BCUT2D eigenvalue weighted by atomic mass is 32.2. The lowest BCUT2D eigenvalue weighted by molar-refractivity contribution is -0.123. The van der Waals surface area contributed by atoms with Crippen LogP contribution in [0.25, 0.3) is 10.9 Å². The van der Waals surface area contributed by atoms with E-state index < -0.39 is 10.2 Å². The smallest absolute Gasteiger partial charge is 0.290 e. The van der Waals surface area contributed by atoms with Gasteiger partial charge in [-0.2, -0.15) is 17.0 Å². The third kappa shape index (κ3) is 8.96. The Kier molecular flexibility index (Phi) is 13.9. The predicted molar refractivity (Wildman–Crippen MR) is 181 cm³/mol. The van der Waals surface area contributed by atoms with Crippen molar-refractivity contribution < 1.29 is 42.1 Å². The molecule has 16 heteroatoms. The SMILES string of the molecule is CCN1CCCCN(S(=O)(=O)N2CCOCC2)CC(=O)NCC2CCCN(C2)c2nc3cc(OC)c(OC)c(OC)c3cc2C1.O=CO. The van der Waals surface area contributed by atoms with Crippen molar-refractivity contribution in [1.29, 1.82) is 0 Å². The summed E-state index contributed by atoms with van der Waals surface area (Å²) in [6.45, 7) is 7.65. The van der Waals surface area contributed by atoms with Crippen LogP contribution in [0.2, 0.25) is 0 Å². The Labute approximate surface area is 283 Å². The van der Waals surface area contributed by atoms with Gasteiger partial charge in [-0.05, 0) is 50.8 Å². The number of aromatic nitrogens is 1. The van der Waals surface area contributed by atoms with Crippen molar-refractivity contribution in [2.24, 2.45) is 5.92 Å². The molecule has 1 atom stereocenters. The summed E-state index contributed by atoms with van der Waals surface area (Å²) in [5, 5.41) is 10.8. The number of carbonyl (C=O) groups is 2. The lowest BCUT2D eigenvalue weighted by atomic mass is 9.97. The molecule has 0 saturated carbocycles. The van der Waals surface area contributed by atoms with E-state index in [1.54, 1.807) is 21.3 Å². The van der Waals surface area contributed by atoms with Gasteiger partial charge in [0.1, 0.15) is 5.82 Å². The molecule has 2 fully saturated rings. The number of methoxy groups -OCH3 is 3. The third-order valence-corrected chi connectivity index (χ3v) is 11.0. The topological polar surface area (TPSA) is 163 Å². The Balaban J connectivity index is 0.00000167.